The van der Waals surface area contributed by atoms with Crippen molar-refractivity contribution >= 4 is 5.97 Å². The first kappa shape index (κ1) is 33.7. The summed E-state index contributed by atoms with van der Waals surface area (Å²) in [5.41, 5.74) is 0. The zero-order chi connectivity index (χ0) is 25.8. The number of aromatic nitrogens is 2. The normalized spacial score (nSPS) is 10.8. The molecule has 1 aromatic heterocycles. The molecule has 1 rings (SSSR count). The third-order valence-corrected chi connectivity index (χ3v) is 6.79. The first-order valence-electron chi connectivity index (χ1n) is 15.3. The summed E-state index contributed by atoms with van der Waals surface area (Å²) in [5, 5.41) is 8.89. The molecule has 0 saturated carbocycles. The van der Waals surface area contributed by atoms with Gasteiger partial charge in [0.1, 0.15) is 12.4 Å². The van der Waals surface area contributed by atoms with Crippen LogP contribution in [0.15, 0.2) is 18.7 Å². The summed E-state index contributed by atoms with van der Waals surface area (Å²) in [5.74, 6) is -1.08. The number of aryl methyl sites for hydroxylation is 2. The fraction of sp³-hybridized carbons (Fsp3) is 0.871. The van der Waals surface area contributed by atoms with E-state index in [1.165, 1.54) is 154 Å². The van der Waals surface area contributed by atoms with E-state index in [0.29, 0.717) is 0 Å². The van der Waals surface area contributed by atoms with Gasteiger partial charge >= 0.3 is 0 Å². The Morgan fingerprint density at radius 3 is 1.37 bits per heavy atom. The van der Waals surface area contributed by atoms with Crippen LogP contribution in [0.2, 0.25) is 0 Å². The summed E-state index contributed by atoms with van der Waals surface area (Å²) < 4.78 is 4.77. The van der Waals surface area contributed by atoms with Crippen LogP contribution in [0, 0.1) is 0 Å². The second-order valence-corrected chi connectivity index (χ2v) is 10.5. The maximum atomic E-state index is 8.89. The summed E-state index contributed by atoms with van der Waals surface area (Å²) in [7, 11) is 0. The number of carboxylic acids is 1. The molecule has 0 bridgehead atoms. The van der Waals surface area contributed by atoms with Crippen LogP contribution in [0.25, 0.3) is 0 Å². The molecule has 0 fully saturated rings. The van der Waals surface area contributed by atoms with Gasteiger partial charge in [-0.2, -0.15) is 0 Å². The number of hydrogen-bond donors (Lipinski definition) is 0. The number of hydrogen-bond acceptors (Lipinski definition) is 2. The van der Waals surface area contributed by atoms with Crippen LogP contribution in [-0.4, -0.2) is 10.5 Å². The average molecular weight is 493 g/mol. The summed E-state index contributed by atoms with van der Waals surface area (Å²) in [6.45, 7) is 7.95. The monoisotopic (exact) mass is 492 g/mol. The van der Waals surface area contributed by atoms with Gasteiger partial charge in [-0.3, -0.25) is 0 Å². The van der Waals surface area contributed by atoms with Gasteiger partial charge in [0.05, 0.1) is 13.1 Å². The van der Waals surface area contributed by atoms with Gasteiger partial charge in [-0.15, -0.1) is 0 Å². The van der Waals surface area contributed by atoms with Crippen LogP contribution >= 0.6 is 0 Å². The van der Waals surface area contributed by atoms with Gasteiger partial charge in [0.2, 0.25) is 6.33 Å². The van der Waals surface area contributed by atoms with Crippen LogP contribution in [0.5, 0.6) is 0 Å². The van der Waals surface area contributed by atoms with Crippen LogP contribution in [0.1, 0.15) is 162 Å². The molecule has 0 atom stereocenters. The summed E-state index contributed by atoms with van der Waals surface area (Å²) in [4.78, 5) is 8.89. The Bertz CT molecular complexity index is 552. The van der Waals surface area contributed by atoms with Crippen molar-refractivity contribution < 1.29 is 14.5 Å². The van der Waals surface area contributed by atoms with E-state index >= 15 is 0 Å². The van der Waals surface area contributed by atoms with E-state index in [9.17, 15) is 0 Å². The lowest BCUT2D eigenvalue weighted by Crippen LogP contribution is -2.30. The average Bonchev–Trinajstić information content (AvgIpc) is 3.28. The Balaban J connectivity index is 0.00000267. The molecule has 35 heavy (non-hydrogen) atoms. The fourth-order valence-electron chi connectivity index (χ4n) is 4.62. The number of aliphatic carboxylic acids is 1. The van der Waals surface area contributed by atoms with Crippen LogP contribution in [0.4, 0.5) is 0 Å². The predicted octanol–water partition coefficient (Wildman–Crippen LogP) is 8.15. The molecule has 4 nitrogen and oxygen atoms in total. The van der Waals surface area contributed by atoms with E-state index < -0.39 is 5.97 Å². The zero-order valence-corrected chi connectivity index (χ0v) is 23.9. The van der Waals surface area contributed by atoms with Gasteiger partial charge in [-0.25, -0.2) is 9.13 Å². The largest absolute Gasteiger partial charge is 0.550 e. The van der Waals surface area contributed by atoms with Crippen molar-refractivity contribution in [2.45, 2.75) is 175 Å². The minimum Gasteiger partial charge on any atom is -0.550 e. The molecule has 0 aromatic carbocycles. The van der Waals surface area contributed by atoms with Gasteiger partial charge in [-0.1, -0.05) is 129 Å². The van der Waals surface area contributed by atoms with Crippen LogP contribution in [-0.2, 0) is 17.9 Å². The van der Waals surface area contributed by atoms with Gasteiger partial charge < -0.3 is 9.90 Å². The molecule has 0 aliphatic carbocycles. The number of unbranched alkanes of at least 4 members (excludes halogenated alkanes) is 20. The second kappa shape index (κ2) is 27.3. The molecule has 1 aromatic rings. The standard InChI is InChI=1S/C29H57N2.C2H4O2/c1-3-5-7-9-11-12-13-14-15-16-17-18-19-20-22-24-26-31-28-27-30(29-31)25-23-21-10-8-6-4-2;1-2(3)4/h27-29H,3-26H2,1-2H3;1H3,(H,3,4)/q+1;/p-1. The summed E-state index contributed by atoms with van der Waals surface area (Å²) >= 11 is 0. The zero-order valence-electron chi connectivity index (χ0n) is 23.9. The Kier molecular flexibility index (Phi) is 26.2. The van der Waals surface area contributed by atoms with Crippen molar-refractivity contribution in [2.75, 3.05) is 0 Å². The van der Waals surface area contributed by atoms with Gasteiger partial charge in [-0.05, 0) is 32.6 Å². The minimum absolute atomic E-state index is 0.972. The highest BCUT2D eigenvalue weighted by atomic mass is 16.4. The first-order valence-corrected chi connectivity index (χ1v) is 15.3. The molecule has 0 saturated heterocycles. The predicted molar refractivity (Wildman–Crippen MR) is 148 cm³/mol. The highest BCUT2D eigenvalue weighted by molar-refractivity contribution is 5.60. The lowest BCUT2D eigenvalue weighted by molar-refractivity contribution is -0.696. The van der Waals surface area contributed by atoms with E-state index in [2.05, 4.69) is 41.7 Å². The van der Waals surface area contributed by atoms with E-state index in [1.54, 1.807) is 0 Å². The van der Waals surface area contributed by atoms with Gasteiger partial charge in [0, 0.05) is 5.97 Å². The molecular weight excluding hydrogens is 432 g/mol. The SMILES string of the molecule is CC(=O)[O-].CCCCCCCCCCCCCCCCCCn1cc[n+](CCCCCCCC)c1. The number of imidazole rings is 1. The van der Waals surface area contributed by atoms with E-state index in [-0.39, 0.29) is 0 Å². The van der Waals surface area contributed by atoms with Crippen molar-refractivity contribution in [3.05, 3.63) is 18.7 Å². The van der Waals surface area contributed by atoms with Crippen LogP contribution < -0.4 is 9.67 Å². The molecule has 4 heteroatoms. The minimum atomic E-state index is -1.08. The molecular formula is C31H60N2O2. The van der Waals surface area contributed by atoms with E-state index in [1.807, 2.05) is 0 Å². The molecule has 0 radical (unpaired) electrons. The molecule has 1 heterocycles. The highest BCUT2D eigenvalue weighted by Gasteiger charge is 2.03. The maximum absolute atomic E-state index is 8.89. The molecule has 0 aliphatic heterocycles. The maximum Gasteiger partial charge on any atom is 0.243 e. The summed E-state index contributed by atoms with van der Waals surface area (Å²) in [6.07, 6.45) is 38.2. The van der Waals surface area contributed by atoms with Crippen molar-refractivity contribution in [2.24, 2.45) is 0 Å². The second-order valence-electron chi connectivity index (χ2n) is 10.5. The Morgan fingerprint density at radius 1 is 0.629 bits per heavy atom. The van der Waals surface area contributed by atoms with E-state index in [4.69, 9.17) is 9.90 Å². The Labute approximate surface area is 218 Å². The molecule has 0 spiro atoms. The number of rotatable bonds is 24. The van der Waals surface area contributed by atoms with Crippen molar-refractivity contribution in [3.8, 4) is 0 Å². The number of carbonyl (C=O) groups is 1. The highest BCUT2D eigenvalue weighted by Crippen LogP contribution is 2.14. The summed E-state index contributed by atoms with van der Waals surface area (Å²) in [6, 6.07) is 0. The fourth-order valence-corrected chi connectivity index (χ4v) is 4.62. The van der Waals surface area contributed by atoms with Crippen molar-refractivity contribution in [1.82, 2.24) is 4.57 Å². The lowest BCUT2D eigenvalue weighted by Gasteiger charge is -2.03. The van der Waals surface area contributed by atoms with E-state index in [0.717, 1.165) is 6.92 Å². The van der Waals surface area contributed by atoms with Gasteiger partial charge in [0.15, 0.2) is 0 Å². The third kappa shape index (κ3) is 27.1. The topological polar surface area (TPSA) is 48.9 Å². The van der Waals surface area contributed by atoms with Crippen LogP contribution in [0.3, 0.4) is 0 Å². The lowest BCUT2D eigenvalue weighted by atomic mass is 10.0. The third-order valence-electron chi connectivity index (χ3n) is 6.79. The first-order chi connectivity index (χ1) is 17.1. The van der Waals surface area contributed by atoms with Gasteiger partial charge in [0.25, 0.3) is 0 Å². The quantitative estimate of drug-likeness (QED) is 0.108. The Morgan fingerprint density at radius 2 is 0.971 bits per heavy atom. The molecule has 0 aliphatic rings. The van der Waals surface area contributed by atoms with Crippen molar-refractivity contribution in [1.29, 1.82) is 0 Å². The number of nitrogens with zero attached hydrogens (tertiary/aromatic N) is 2. The van der Waals surface area contributed by atoms with Crippen molar-refractivity contribution in [3.63, 3.8) is 0 Å². The molecule has 0 N–H and O–H groups in total. The molecule has 206 valence electrons. The Hall–Kier alpha value is -1.32. The molecule has 0 unspecified atom stereocenters. The molecule has 0 amide bonds. The number of carboxylic acid groups (broad SMARTS) is 1. The number of carbonyl (C=O) groups excluding carboxylic acids is 1. The smallest absolute Gasteiger partial charge is 0.243 e.